The maximum absolute atomic E-state index is 13.0. The van der Waals surface area contributed by atoms with Gasteiger partial charge in [-0.05, 0) is 51.4 Å². The van der Waals surface area contributed by atoms with Gasteiger partial charge in [0.1, 0.15) is 13.2 Å². The number of allylic oxidation sites excluding steroid dienone is 4. The molecule has 0 radical (unpaired) electrons. The smallest absolute Gasteiger partial charge is 0.306 e. The molecule has 0 aliphatic rings. The van der Waals surface area contributed by atoms with Gasteiger partial charge in [0, 0.05) is 19.3 Å². The Balaban J connectivity index is 4.16. The van der Waals surface area contributed by atoms with Crippen LogP contribution in [-0.4, -0.2) is 37.2 Å². The Bertz CT molecular complexity index is 1340. The number of carbonyl (C=O) groups is 3. The van der Waals surface area contributed by atoms with Crippen molar-refractivity contribution in [3.05, 3.63) is 24.3 Å². The van der Waals surface area contributed by atoms with E-state index in [1.807, 2.05) is 0 Å². The molecule has 83 heavy (non-hydrogen) atoms. The molecule has 0 saturated carbocycles. The topological polar surface area (TPSA) is 78.9 Å². The van der Waals surface area contributed by atoms with Crippen molar-refractivity contribution >= 4 is 17.9 Å². The fourth-order valence-electron chi connectivity index (χ4n) is 11.8. The van der Waals surface area contributed by atoms with Gasteiger partial charge in [-0.25, -0.2) is 0 Å². The summed E-state index contributed by atoms with van der Waals surface area (Å²) in [5.74, 6) is -0.840. The highest BCUT2D eigenvalue weighted by atomic mass is 16.6. The average Bonchev–Trinajstić information content (AvgIpc) is 3.50. The van der Waals surface area contributed by atoms with Gasteiger partial charge < -0.3 is 14.2 Å². The summed E-state index contributed by atoms with van der Waals surface area (Å²) in [6.45, 7) is 6.70. The number of hydrogen-bond donors (Lipinski definition) is 0. The first-order valence-electron chi connectivity index (χ1n) is 37.8. The molecule has 0 aromatic heterocycles. The van der Waals surface area contributed by atoms with Crippen LogP contribution in [0.2, 0.25) is 0 Å². The molecule has 0 aliphatic heterocycles. The molecular formula is C77H146O6. The van der Waals surface area contributed by atoms with Crippen molar-refractivity contribution in [2.75, 3.05) is 13.2 Å². The maximum atomic E-state index is 13.0. The minimum absolute atomic E-state index is 0.0679. The molecule has 0 N–H and O–H groups in total. The Hall–Kier alpha value is -2.11. The predicted octanol–water partition coefficient (Wildman–Crippen LogP) is 26.1. The van der Waals surface area contributed by atoms with E-state index in [-0.39, 0.29) is 31.1 Å². The summed E-state index contributed by atoms with van der Waals surface area (Å²) in [6, 6.07) is 0. The van der Waals surface area contributed by atoms with Gasteiger partial charge in [-0.2, -0.15) is 0 Å². The molecule has 1 unspecified atom stereocenters. The standard InChI is InChI=1S/C77H146O6/c1-4-7-10-13-16-19-22-25-28-31-32-33-34-35-36-37-38-39-40-41-42-43-44-47-49-52-55-58-61-64-67-70-76(79)82-73-74(83-77(80)71-68-65-62-59-56-53-50-46-30-27-24-21-18-15-12-9-6-3)72-81-75(78)69-66-63-60-57-54-51-48-45-29-26-23-20-17-14-11-8-5-2/h18,21,27,30,74H,4-17,19-20,22-26,28-29,31-73H2,1-3H3/b21-18-,30-27-. The third-order valence-corrected chi connectivity index (χ3v) is 17.5. The fraction of sp³-hybridized carbons (Fsp3) is 0.909. The van der Waals surface area contributed by atoms with Crippen molar-refractivity contribution in [2.45, 2.75) is 438 Å². The van der Waals surface area contributed by atoms with E-state index in [1.54, 1.807) is 0 Å². The fourth-order valence-corrected chi connectivity index (χ4v) is 11.8. The lowest BCUT2D eigenvalue weighted by Crippen LogP contribution is -2.30. The van der Waals surface area contributed by atoms with Crippen LogP contribution in [0.5, 0.6) is 0 Å². The Kier molecular flexibility index (Phi) is 70.5. The zero-order valence-corrected chi connectivity index (χ0v) is 56.5. The molecule has 0 aromatic carbocycles. The van der Waals surface area contributed by atoms with Crippen LogP contribution in [0.15, 0.2) is 24.3 Å². The van der Waals surface area contributed by atoms with Gasteiger partial charge in [0.25, 0.3) is 0 Å². The predicted molar refractivity (Wildman–Crippen MR) is 363 cm³/mol. The van der Waals surface area contributed by atoms with Crippen molar-refractivity contribution in [3.8, 4) is 0 Å². The normalized spacial score (nSPS) is 12.1. The molecule has 0 heterocycles. The van der Waals surface area contributed by atoms with Gasteiger partial charge in [-0.15, -0.1) is 0 Å². The molecule has 6 nitrogen and oxygen atoms in total. The van der Waals surface area contributed by atoms with E-state index in [0.717, 1.165) is 70.6 Å². The number of rotatable bonds is 71. The highest BCUT2D eigenvalue weighted by Gasteiger charge is 2.20. The number of ether oxygens (including phenoxy) is 3. The first-order valence-corrected chi connectivity index (χ1v) is 37.8. The lowest BCUT2D eigenvalue weighted by atomic mass is 10.0. The van der Waals surface area contributed by atoms with E-state index < -0.39 is 6.10 Å². The molecule has 490 valence electrons. The van der Waals surface area contributed by atoms with Crippen LogP contribution in [0.3, 0.4) is 0 Å². The number of hydrogen-bond acceptors (Lipinski definition) is 6. The summed E-state index contributed by atoms with van der Waals surface area (Å²) < 4.78 is 17.0. The van der Waals surface area contributed by atoms with Crippen LogP contribution in [0.25, 0.3) is 0 Å². The minimum atomic E-state index is -0.773. The highest BCUT2D eigenvalue weighted by molar-refractivity contribution is 5.71. The average molecular weight is 1170 g/mol. The van der Waals surface area contributed by atoms with Gasteiger partial charge in [0.15, 0.2) is 6.10 Å². The Labute approximate surface area is 519 Å². The molecule has 0 saturated heterocycles. The van der Waals surface area contributed by atoms with Gasteiger partial charge in [-0.1, -0.05) is 385 Å². The molecule has 6 heteroatoms. The van der Waals surface area contributed by atoms with Gasteiger partial charge in [-0.3, -0.25) is 14.4 Å². The first kappa shape index (κ1) is 80.9. The van der Waals surface area contributed by atoms with Gasteiger partial charge >= 0.3 is 17.9 Å². The van der Waals surface area contributed by atoms with Crippen LogP contribution >= 0.6 is 0 Å². The summed E-state index contributed by atoms with van der Waals surface area (Å²) in [7, 11) is 0. The molecule has 0 bridgehead atoms. The second kappa shape index (κ2) is 72.4. The first-order chi connectivity index (χ1) is 41.0. The van der Waals surface area contributed by atoms with Gasteiger partial charge in [0.05, 0.1) is 0 Å². The van der Waals surface area contributed by atoms with Crippen molar-refractivity contribution in [1.29, 1.82) is 0 Å². The zero-order chi connectivity index (χ0) is 59.9. The third kappa shape index (κ3) is 70.5. The number of unbranched alkanes of at least 4 members (excludes halogenated alkanes) is 56. The highest BCUT2D eigenvalue weighted by Crippen LogP contribution is 2.20. The lowest BCUT2D eigenvalue weighted by Gasteiger charge is -2.18. The molecule has 0 rings (SSSR count). The van der Waals surface area contributed by atoms with Crippen LogP contribution in [0, 0.1) is 0 Å². The van der Waals surface area contributed by atoms with Crippen LogP contribution in [-0.2, 0) is 28.6 Å². The van der Waals surface area contributed by atoms with Crippen LogP contribution in [0.4, 0.5) is 0 Å². The minimum Gasteiger partial charge on any atom is -0.462 e. The van der Waals surface area contributed by atoms with Crippen molar-refractivity contribution in [2.24, 2.45) is 0 Å². The summed E-state index contributed by atoms with van der Waals surface area (Å²) in [6.07, 6.45) is 89.5. The number of esters is 3. The van der Waals surface area contributed by atoms with Crippen molar-refractivity contribution in [3.63, 3.8) is 0 Å². The zero-order valence-electron chi connectivity index (χ0n) is 56.5. The van der Waals surface area contributed by atoms with E-state index in [4.69, 9.17) is 14.2 Å². The largest absolute Gasteiger partial charge is 0.462 e. The van der Waals surface area contributed by atoms with E-state index >= 15 is 0 Å². The van der Waals surface area contributed by atoms with Crippen LogP contribution in [0.1, 0.15) is 432 Å². The molecular weight excluding hydrogens is 1020 g/mol. The molecule has 0 fully saturated rings. The quantitative estimate of drug-likeness (QED) is 0.0261. The second-order valence-corrected chi connectivity index (χ2v) is 25.9. The molecule has 1 atom stereocenters. The van der Waals surface area contributed by atoms with Crippen LogP contribution < -0.4 is 0 Å². The van der Waals surface area contributed by atoms with E-state index in [2.05, 4.69) is 45.1 Å². The summed E-state index contributed by atoms with van der Waals surface area (Å²) >= 11 is 0. The van der Waals surface area contributed by atoms with E-state index in [1.165, 1.54) is 321 Å². The SMILES string of the molecule is CCCCC/C=C\C/C=C\CCCCCCCCCC(=O)OC(COC(=O)CCCCCCCCCCCCCCCCCCC)COC(=O)CCCCCCCCCCCCCCCCCCCCCCCCCCCCCCCCC. The second-order valence-electron chi connectivity index (χ2n) is 25.9. The molecule has 0 amide bonds. The van der Waals surface area contributed by atoms with E-state index in [9.17, 15) is 14.4 Å². The van der Waals surface area contributed by atoms with Crippen molar-refractivity contribution in [1.82, 2.24) is 0 Å². The summed E-state index contributed by atoms with van der Waals surface area (Å²) in [5, 5.41) is 0. The molecule has 0 aliphatic carbocycles. The van der Waals surface area contributed by atoms with E-state index in [0.29, 0.717) is 19.3 Å². The lowest BCUT2D eigenvalue weighted by molar-refractivity contribution is -0.167. The maximum Gasteiger partial charge on any atom is 0.306 e. The summed E-state index contributed by atoms with van der Waals surface area (Å²) in [5.41, 5.74) is 0. The summed E-state index contributed by atoms with van der Waals surface area (Å²) in [4.78, 5) is 38.5. The Morgan fingerprint density at radius 3 is 0.687 bits per heavy atom. The molecule has 0 aromatic rings. The molecule has 0 spiro atoms. The monoisotopic (exact) mass is 1170 g/mol. The number of carbonyl (C=O) groups excluding carboxylic acids is 3. The van der Waals surface area contributed by atoms with Gasteiger partial charge in [0.2, 0.25) is 0 Å². The Morgan fingerprint density at radius 2 is 0.434 bits per heavy atom. The Morgan fingerprint density at radius 1 is 0.241 bits per heavy atom. The van der Waals surface area contributed by atoms with Crippen molar-refractivity contribution < 1.29 is 28.6 Å². The third-order valence-electron chi connectivity index (χ3n) is 17.5.